The van der Waals surface area contributed by atoms with Gasteiger partial charge in [-0.3, -0.25) is 0 Å². The van der Waals surface area contributed by atoms with Gasteiger partial charge in [0, 0.05) is 23.6 Å². The Balaban J connectivity index is 1.99. The third-order valence-electron chi connectivity index (χ3n) is 3.81. The molecule has 2 aromatic rings. The van der Waals surface area contributed by atoms with Crippen LogP contribution in [-0.2, 0) is 0 Å². The van der Waals surface area contributed by atoms with Crippen LogP contribution in [0, 0.1) is 11.6 Å². The predicted octanol–water partition coefficient (Wildman–Crippen LogP) is 3.79. The molecule has 0 radical (unpaired) electrons. The lowest BCUT2D eigenvalue weighted by Crippen LogP contribution is -2.28. The van der Waals surface area contributed by atoms with Crippen molar-refractivity contribution in [2.45, 2.75) is 18.9 Å². The van der Waals surface area contributed by atoms with E-state index in [2.05, 4.69) is 5.32 Å². The van der Waals surface area contributed by atoms with Crippen LogP contribution < -0.4 is 10.1 Å². The Morgan fingerprint density at radius 2 is 1.90 bits per heavy atom. The SMILES string of the molecule is CCNC(c1cc(F)cc(F)c1)C1COc2ccccc21. The van der Waals surface area contributed by atoms with Gasteiger partial charge in [0.1, 0.15) is 17.4 Å². The second-order valence-corrected chi connectivity index (χ2v) is 5.19. The molecule has 0 aliphatic carbocycles. The van der Waals surface area contributed by atoms with Gasteiger partial charge >= 0.3 is 0 Å². The van der Waals surface area contributed by atoms with Crippen LogP contribution >= 0.6 is 0 Å². The van der Waals surface area contributed by atoms with Gasteiger partial charge in [0.25, 0.3) is 0 Å². The zero-order valence-corrected chi connectivity index (χ0v) is 11.8. The van der Waals surface area contributed by atoms with Gasteiger partial charge in [-0.2, -0.15) is 0 Å². The molecule has 1 aliphatic heterocycles. The summed E-state index contributed by atoms with van der Waals surface area (Å²) in [6, 6.07) is 11.3. The molecule has 0 bridgehead atoms. The molecule has 0 saturated heterocycles. The minimum absolute atomic E-state index is 0.0438. The van der Waals surface area contributed by atoms with Crippen molar-refractivity contribution in [2.24, 2.45) is 0 Å². The van der Waals surface area contributed by atoms with E-state index >= 15 is 0 Å². The maximum Gasteiger partial charge on any atom is 0.126 e. The maximum absolute atomic E-state index is 13.5. The average Bonchev–Trinajstić information content (AvgIpc) is 2.87. The summed E-state index contributed by atoms with van der Waals surface area (Å²) in [5.41, 5.74) is 1.69. The third-order valence-corrected chi connectivity index (χ3v) is 3.81. The maximum atomic E-state index is 13.5. The molecule has 0 fully saturated rings. The molecule has 2 unspecified atom stereocenters. The number of ether oxygens (including phenoxy) is 1. The first-order valence-corrected chi connectivity index (χ1v) is 7.10. The Morgan fingerprint density at radius 3 is 2.62 bits per heavy atom. The van der Waals surface area contributed by atoms with Crippen molar-refractivity contribution in [3.05, 3.63) is 65.2 Å². The fourth-order valence-electron chi connectivity index (χ4n) is 2.93. The molecule has 2 nitrogen and oxygen atoms in total. The number of halogens is 2. The largest absolute Gasteiger partial charge is 0.493 e. The number of hydrogen-bond acceptors (Lipinski definition) is 2. The van der Waals surface area contributed by atoms with Gasteiger partial charge in [-0.1, -0.05) is 25.1 Å². The highest BCUT2D eigenvalue weighted by molar-refractivity contribution is 5.42. The second kappa shape index (κ2) is 5.82. The lowest BCUT2D eigenvalue weighted by atomic mass is 9.88. The van der Waals surface area contributed by atoms with Crippen LogP contribution in [0.3, 0.4) is 0 Å². The summed E-state index contributed by atoms with van der Waals surface area (Å²) in [4.78, 5) is 0. The fourth-order valence-corrected chi connectivity index (χ4v) is 2.93. The number of nitrogens with one attached hydrogen (secondary N) is 1. The predicted molar refractivity (Wildman–Crippen MR) is 77.5 cm³/mol. The Labute approximate surface area is 122 Å². The van der Waals surface area contributed by atoms with Crippen LogP contribution in [0.15, 0.2) is 42.5 Å². The third kappa shape index (κ3) is 2.76. The Kier molecular flexibility index (Phi) is 3.88. The number of fused-ring (bicyclic) bond motifs is 1. The highest BCUT2D eigenvalue weighted by Gasteiger charge is 2.32. The van der Waals surface area contributed by atoms with Gasteiger partial charge in [-0.05, 0) is 30.3 Å². The van der Waals surface area contributed by atoms with Gasteiger partial charge in [-0.25, -0.2) is 8.78 Å². The highest BCUT2D eigenvalue weighted by Crippen LogP contribution is 2.41. The molecule has 1 aliphatic rings. The molecular weight excluding hydrogens is 272 g/mol. The van der Waals surface area contributed by atoms with E-state index in [-0.39, 0.29) is 12.0 Å². The monoisotopic (exact) mass is 289 g/mol. The molecule has 1 heterocycles. The summed E-state index contributed by atoms with van der Waals surface area (Å²) < 4.78 is 32.7. The van der Waals surface area contributed by atoms with Crippen LogP contribution in [0.5, 0.6) is 5.75 Å². The molecule has 2 aromatic carbocycles. The summed E-state index contributed by atoms with van der Waals surface area (Å²) in [5.74, 6) is -0.218. The Hall–Kier alpha value is -1.94. The number of para-hydroxylation sites is 1. The van der Waals surface area contributed by atoms with Gasteiger partial charge in [0.05, 0.1) is 6.61 Å². The first kappa shape index (κ1) is 14.0. The molecule has 2 atom stereocenters. The van der Waals surface area contributed by atoms with E-state index in [1.807, 2.05) is 31.2 Å². The van der Waals surface area contributed by atoms with Gasteiger partial charge in [-0.15, -0.1) is 0 Å². The van der Waals surface area contributed by atoms with Crippen LogP contribution in [0.4, 0.5) is 8.78 Å². The summed E-state index contributed by atoms with van der Waals surface area (Å²) in [6.45, 7) is 3.20. The fraction of sp³-hybridized carbons (Fsp3) is 0.294. The average molecular weight is 289 g/mol. The Bertz CT molecular complexity index is 624. The number of hydrogen-bond donors (Lipinski definition) is 1. The molecule has 0 amide bonds. The van der Waals surface area contributed by atoms with Crippen LogP contribution in [-0.4, -0.2) is 13.2 Å². The Morgan fingerprint density at radius 1 is 1.19 bits per heavy atom. The summed E-state index contributed by atoms with van der Waals surface area (Å²) in [7, 11) is 0. The van der Waals surface area contributed by atoms with Gasteiger partial charge in [0.2, 0.25) is 0 Å². The first-order valence-electron chi connectivity index (χ1n) is 7.10. The van der Waals surface area contributed by atoms with Crippen molar-refractivity contribution in [1.82, 2.24) is 5.32 Å². The number of rotatable bonds is 4. The number of likely N-dealkylation sites (N-methyl/N-ethyl adjacent to an activating group) is 1. The molecule has 0 spiro atoms. The zero-order valence-electron chi connectivity index (χ0n) is 11.8. The molecular formula is C17H17F2NO. The molecule has 0 saturated carbocycles. The molecule has 4 heteroatoms. The molecule has 110 valence electrons. The van der Waals surface area contributed by atoms with Gasteiger partial charge < -0.3 is 10.1 Å². The standard InChI is InChI=1S/C17H17F2NO/c1-2-20-17(11-7-12(18)9-13(19)8-11)15-10-21-16-6-4-3-5-14(15)16/h3-9,15,17,20H,2,10H2,1H3. The molecule has 1 N–H and O–H groups in total. The minimum atomic E-state index is -0.555. The second-order valence-electron chi connectivity index (χ2n) is 5.19. The zero-order chi connectivity index (χ0) is 14.8. The summed E-state index contributed by atoms with van der Waals surface area (Å²) in [6.07, 6.45) is 0. The van der Waals surface area contributed by atoms with E-state index in [1.54, 1.807) is 0 Å². The first-order chi connectivity index (χ1) is 10.2. The van der Waals surface area contributed by atoms with E-state index in [0.29, 0.717) is 18.7 Å². The van der Waals surface area contributed by atoms with Crippen LogP contribution in [0.2, 0.25) is 0 Å². The normalized spacial score (nSPS) is 18.1. The lowest BCUT2D eigenvalue weighted by Gasteiger charge is -2.24. The summed E-state index contributed by atoms with van der Waals surface area (Å²) >= 11 is 0. The van der Waals surface area contributed by atoms with E-state index in [9.17, 15) is 8.78 Å². The molecule has 0 aromatic heterocycles. The molecule has 3 rings (SSSR count). The highest BCUT2D eigenvalue weighted by atomic mass is 19.1. The van der Waals surface area contributed by atoms with E-state index in [1.165, 1.54) is 12.1 Å². The smallest absolute Gasteiger partial charge is 0.126 e. The lowest BCUT2D eigenvalue weighted by molar-refractivity contribution is 0.300. The van der Waals surface area contributed by atoms with Crippen molar-refractivity contribution < 1.29 is 13.5 Å². The van der Waals surface area contributed by atoms with Crippen molar-refractivity contribution in [1.29, 1.82) is 0 Å². The van der Waals surface area contributed by atoms with Crippen molar-refractivity contribution in [3.63, 3.8) is 0 Å². The van der Waals surface area contributed by atoms with Crippen molar-refractivity contribution in [2.75, 3.05) is 13.2 Å². The summed E-state index contributed by atoms with van der Waals surface area (Å²) in [5, 5.41) is 3.32. The van der Waals surface area contributed by atoms with E-state index in [0.717, 1.165) is 17.4 Å². The van der Waals surface area contributed by atoms with Crippen molar-refractivity contribution in [3.8, 4) is 5.75 Å². The minimum Gasteiger partial charge on any atom is -0.493 e. The van der Waals surface area contributed by atoms with Gasteiger partial charge in [0.15, 0.2) is 0 Å². The van der Waals surface area contributed by atoms with Crippen LogP contribution in [0.1, 0.15) is 30.0 Å². The molecule has 21 heavy (non-hydrogen) atoms. The van der Waals surface area contributed by atoms with E-state index < -0.39 is 11.6 Å². The number of benzene rings is 2. The van der Waals surface area contributed by atoms with E-state index in [4.69, 9.17) is 4.74 Å². The quantitative estimate of drug-likeness (QED) is 0.924. The topological polar surface area (TPSA) is 21.3 Å². The van der Waals surface area contributed by atoms with Crippen LogP contribution in [0.25, 0.3) is 0 Å². The van der Waals surface area contributed by atoms with Crippen molar-refractivity contribution >= 4 is 0 Å².